The smallest absolute Gasteiger partial charge is 0.131 e. The summed E-state index contributed by atoms with van der Waals surface area (Å²) < 4.78 is 0. The zero-order valence-corrected chi connectivity index (χ0v) is 10.1. The maximum atomic E-state index is 4.61. The van der Waals surface area contributed by atoms with Gasteiger partial charge in [-0.1, -0.05) is 18.2 Å². The Labute approximate surface area is 96.4 Å². The van der Waals surface area contributed by atoms with Crippen LogP contribution in [0.5, 0.6) is 0 Å². The van der Waals surface area contributed by atoms with Crippen LogP contribution in [0.3, 0.4) is 0 Å². The predicted octanol–water partition coefficient (Wildman–Crippen LogP) is 2.35. The maximum Gasteiger partial charge on any atom is 0.131 e. The maximum absolute atomic E-state index is 4.61. The van der Waals surface area contributed by atoms with Crippen LogP contribution in [0.2, 0.25) is 0 Å². The Morgan fingerprint density at radius 2 is 2.12 bits per heavy atom. The first kappa shape index (κ1) is 9.70. The average molecular weight is 215 g/mol. The summed E-state index contributed by atoms with van der Waals surface area (Å²) in [4.78, 5) is 2.38. The van der Waals surface area contributed by atoms with Crippen molar-refractivity contribution in [2.24, 2.45) is 5.10 Å². The molecule has 1 aromatic rings. The molecule has 0 N–H and O–H groups in total. The third-order valence-electron chi connectivity index (χ3n) is 3.65. The fourth-order valence-electron chi connectivity index (χ4n) is 2.70. The van der Waals surface area contributed by atoms with E-state index in [1.165, 1.54) is 22.6 Å². The minimum atomic E-state index is 0.343. The molecule has 84 valence electrons. The van der Waals surface area contributed by atoms with Gasteiger partial charge in [-0.15, -0.1) is 0 Å². The Kier molecular flexibility index (Phi) is 1.96. The van der Waals surface area contributed by atoms with Crippen molar-refractivity contribution in [2.75, 3.05) is 11.9 Å². The van der Waals surface area contributed by atoms with Crippen LogP contribution in [0.4, 0.5) is 5.69 Å². The lowest BCUT2D eigenvalue weighted by Gasteiger charge is -2.33. The van der Waals surface area contributed by atoms with E-state index in [1.807, 2.05) is 7.05 Å². The predicted molar refractivity (Wildman–Crippen MR) is 66.6 cm³/mol. The highest BCUT2D eigenvalue weighted by molar-refractivity contribution is 6.02. The Morgan fingerprint density at radius 3 is 2.94 bits per heavy atom. The first-order valence-corrected chi connectivity index (χ1v) is 5.86. The Balaban J connectivity index is 2.16. The minimum Gasteiger partial charge on any atom is -0.306 e. The number of benzene rings is 1. The monoisotopic (exact) mass is 215 g/mol. The van der Waals surface area contributed by atoms with E-state index in [-0.39, 0.29) is 0 Å². The highest BCUT2D eigenvalue weighted by atomic mass is 15.6. The second kappa shape index (κ2) is 3.24. The molecule has 0 radical (unpaired) electrons. The fourth-order valence-corrected chi connectivity index (χ4v) is 2.70. The lowest BCUT2D eigenvalue weighted by Crippen LogP contribution is -2.41. The molecule has 16 heavy (non-hydrogen) atoms. The van der Waals surface area contributed by atoms with Crippen molar-refractivity contribution < 1.29 is 0 Å². The minimum absolute atomic E-state index is 0.343. The van der Waals surface area contributed by atoms with Gasteiger partial charge in [-0.3, -0.25) is 5.01 Å². The van der Waals surface area contributed by atoms with Crippen LogP contribution >= 0.6 is 0 Å². The van der Waals surface area contributed by atoms with Gasteiger partial charge in [0.25, 0.3) is 0 Å². The van der Waals surface area contributed by atoms with E-state index in [1.54, 1.807) is 0 Å². The summed E-state index contributed by atoms with van der Waals surface area (Å²) in [5, 5.41) is 6.66. The van der Waals surface area contributed by atoms with Crippen molar-refractivity contribution in [2.45, 2.75) is 32.9 Å². The lowest BCUT2D eigenvalue weighted by atomic mass is 9.97. The second-order valence-corrected chi connectivity index (χ2v) is 4.67. The summed E-state index contributed by atoms with van der Waals surface area (Å²) in [6.45, 7) is 4.39. The molecule has 1 unspecified atom stereocenters. The molecule has 0 saturated heterocycles. The Morgan fingerprint density at radius 1 is 1.31 bits per heavy atom. The summed E-state index contributed by atoms with van der Waals surface area (Å²) in [6, 6.07) is 6.58. The van der Waals surface area contributed by atoms with Crippen LogP contribution in [0.1, 0.15) is 24.5 Å². The zero-order valence-electron chi connectivity index (χ0n) is 10.1. The van der Waals surface area contributed by atoms with E-state index in [9.17, 15) is 0 Å². The largest absolute Gasteiger partial charge is 0.306 e. The van der Waals surface area contributed by atoms with Gasteiger partial charge in [0, 0.05) is 13.5 Å². The van der Waals surface area contributed by atoms with Crippen molar-refractivity contribution >= 4 is 11.5 Å². The number of nitrogens with zero attached hydrogens (tertiary/aromatic N) is 3. The molecule has 2 heterocycles. The number of hydrogen-bond acceptors (Lipinski definition) is 3. The normalized spacial score (nSPS) is 22.9. The summed E-state index contributed by atoms with van der Waals surface area (Å²) >= 11 is 0. The molecule has 1 aromatic carbocycles. The van der Waals surface area contributed by atoms with Gasteiger partial charge >= 0.3 is 0 Å². The van der Waals surface area contributed by atoms with E-state index in [2.05, 4.69) is 47.1 Å². The molecule has 3 nitrogen and oxygen atoms in total. The highest BCUT2D eigenvalue weighted by Crippen LogP contribution is 2.36. The number of rotatable bonds is 0. The molecule has 3 rings (SSSR count). The van der Waals surface area contributed by atoms with Crippen LogP contribution < -0.4 is 4.90 Å². The first-order chi connectivity index (χ1) is 7.68. The molecule has 0 fully saturated rings. The Bertz CT molecular complexity index is 464. The number of hydrazone groups is 1. The molecule has 2 aliphatic heterocycles. The molecule has 2 aliphatic rings. The summed E-state index contributed by atoms with van der Waals surface area (Å²) in [5.41, 5.74) is 4.19. The molecular formula is C13H17N3. The molecule has 1 atom stereocenters. The quantitative estimate of drug-likeness (QED) is 0.661. The number of anilines is 1. The number of amidine groups is 1. The van der Waals surface area contributed by atoms with E-state index < -0.39 is 0 Å². The molecule has 0 spiro atoms. The first-order valence-electron chi connectivity index (χ1n) is 5.86. The van der Waals surface area contributed by atoms with Gasteiger partial charge in [-0.2, -0.15) is 5.10 Å². The summed E-state index contributed by atoms with van der Waals surface area (Å²) in [7, 11) is 2.05. The van der Waals surface area contributed by atoms with Crippen molar-refractivity contribution in [3.8, 4) is 0 Å². The van der Waals surface area contributed by atoms with Gasteiger partial charge in [-0.05, 0) is 31.4 Å². The van der Waals surface area contributed by atoms with Gasteiger partial charge in [0.2, 0.25) is 0 Å². The lowest BCUT2D eigenvalue weighted by molar-refractivity contribution is 0.304. The summed E-state index contributed by atoms with van der Waals surface area (Å²) in [6.07, 6.45) is 2.52. The number of fused-ring (bicyclic) bond motifs is 3. The van der Waals surface area contributed by atoms with Crippen LogP contribution in [0, 0.1) is 6.92 Å². The second-order valence-electron chi connectivity index (χ2n) is 4.67. The van der Waals surface area contributed by atoms with E-state index in [0.29, 0.717) is 6.17 Å². The molecule has 0 amide bonds. The zero-order chi connectivity index (χ0) is 11.3. The fraction of sp³-hybridized carbons (Fsp3) is 0.462. The Hall–Kier alpha value is -1.51. The molecule has 0 saturated carbocycles. The average Bonchev–Trinajstić information content (AvgIpc) is 2.56. The molecular weight excluding hydrogens is 198 g/mol. The van der Waals surface area contributed by atoms with E-state index in [4.69, 9.17) is 0 Å². The standard InChI is InChI=1S/C13H17N3/c1-9-5-4-6-11-7-8-12-14-15(3)10(2)16(12)13(9)11/h4-6,10H,7-8H2,1-3H3. The van der Waals surface area contributed by atoms with E-state index >= 15 is 0 Å². The van der Waals surface area contributed by atoms with Gasteiger partial charge < -0.3 is 4.90 Å². The van der Waals surface area contributed by atoms with Gasteiger partial charge in [0.15, 0.2) is 0 Å². The van der Waals surface area contributed by atoms with Gasteiger partial charge in [-0.25, -0.2) is 0 Å². The van der Waals surface area contributed by atoms with Crippen LogP contribution in [-0.4, -0.2) is 24.1 Å². The van der Waals surface area contributed by atoms with Gasteiger partial charge in [0.1, 0.15) is 12.0 Å². The van der Waals surface area contributed by atoms with Crippen molar-refractivity contribution in [1.82, 2.24) is 5.01 Å². The van der Waals surface area contributed by atoms with Crippen molar-refractivity contribution in [1.29, 1.82) is 0 Å². The molecule has 3 heteroatoms. The number of aryl methyl sites for hydroxylation is 2. The molecule has 0 aliphatic carbocycles. The van der Waals surface area contributed by atoms with Gasteiger partial charge in [0.05, 0.1) is 5.69 Å². The van der Waals surface area contributed by atoms with Crippen molar-refractivity contribution in [3.05, 3.63) is 29.3 Å². The topological polar surface area (TPSA) is 18.8 Å². The molecule has 0 aromatic heterocycles. The third kappa shape index (κ3) is 1.17. The van der Waals surface area contributed by atoms with Crippen molar-refractivity contribution in [3.63, 3.8) is 0 Å². The van der Waals surface area contributed by atoms with Crippen LogP contribution in [-0.2, 0) is 6.42 Å². The summed E-state index contributed by atoms with van der Waals surface area (Å²) in [5.74, 6) is 1.22. The van der Waals surface area contributed by atoms with E-state index in [0.717, 1.165) is 12.8 Å². The van der Waals surface area contributed by atoms with Crippen LogP contribution in [0.25, 0.3) is 0 Å². The molecule has 0 bridgehead atoms. The van der Waals surface area contributed by atoms with Crippen LogP contribution in [0.15, 0.2) is 23.3 Å². The highest BCUT2D eigenvalue weighted by Gasteiger charge is 2.34. The third-order valence-corrected chi connectivity index (χ3v) is 3.65. The number of hydrogen-bond donors (Lipinski definition) is 0. The SMILES string of the molecule is Cc1cccc2c1N1C(=NN(C)C1C)CC2. The number of para-hydroxylation sites is 1.